The number of aromatic nitrogens is 4. The number of benzene rings is 1. The molecule has 2 aromatic heterocycles. The second-order valence-electron chi connectivity index (χ2n) is 4.73. The third-order valence-electron chi connectivity index (χ3n) is 3.23. The zero-order chi connectivity index (χ0) is 14.1. The van der Waals surface area contributed by atoms with E-state index in [9.17, 15) is 0 Å². The first-order chi connectivity index (χ1) is 9.66. The standard InChI is InChI=1S/C14H16N6/c1-9(15)10-5-3-4-6-12(10)19-13-11-7-18-20(2)14(11)17-8-16-13/h3-9H,15H2,1-2H3,(H,16,17,19). The van der Waals surface area contributed by atoms with Gasteiger partial charge >= 0.3 is 0 Å². The average molecular weight is 268 g/mol. The number of hydrogen-bond donors (Lipinski definition) is 2. The Morgan fingerprint density at radius 1 is 1.25 bits per heavy atom. The molecule has 0 amide bonds. The van der Waals surface area contributed by atoms with Crippen LogP contribution in [0, 0.1) is 0 Å². The highest BCUT2D eigenvalue weighted by atomic mass is 15.3. The summed E-state index contributed by atoms with van der Waals surface area (Å²) < 4.78 is 1.72. The second kappa shape index (κ2) is 4.90. The van der Waals surface area contributed by atoms with Crippen LogP contribution in [0.2, 0.25) is 0 Å². The SMILES string of the molecule is CC(N)c1ccccc1Nc1ncnc2c1cnn2C. The van der Waals surface area contributed by atoms with Crippen LogP contribution in [0.15, 0.2) is 36.8 Å². The second-order valence-corrected chi connectivity index (χ2v) is 4.73. The number of nitrogens with one attached hydrogen (secondary N) is 1. The molecule has 0 saturated heterocycles. The summed E-state index contributed by atoms with van der Waals surface area (Å²) in [6.07, 6.45) is 3.28. The Labute approximate surface area is 116 Å². The van der Waals surface area contributed by atoms with Gasteiger partial charge in [-0.15, -0.1) is 0 Å². The lowest BCUT2D eigenvalue weighted by Crippen LogP contribution is -2.08. The Morgan fingerprint density at radius 3 is 2.85 bits per heavy atom. The van der Waals surface area contributed by atoms with Gasteiger partial charge in [-0.05, 0) is 18.6 Å². The normalized spacial score (nSPS) is 12.6. The summed E-state index contributed by atoms with van der Waals surface area (Å²) >= 11 is 0. The van der Waals surface area contributed by atoms with Gasteiger partial charge in [0.05, 0.1) is 11.6 Å². The zero-order valence-electron chi connectivity index (χ0n) is 11.4. The van der Waals surface area contributed by atoms with Gasteiger partial charge in [0.2, 0.25) is 0 Å². The molecule has 6 nitrogen and oxygen atoms in total. The predicted molar refractivity (Wildman–Crippen MR) is 78.6 cm³/mol. The Bertz CT molecular complexity index is 746. The van der Waals surface area contributed by atoms with E-state index in [0.717, 1.165) is 28.1 Å². The largest absolute Gasteiger partial charge is 0.339 e. The highest BCUT2D eigenvalue weighted by molar-refractivity contribution is 5.88. The molecule has 20 heavy (non-hydrogen) atoms. The summed E-state index contributed by atoms with van der Waals surface area (Å²) in [6.45, 7) is 1.96. The molecule has 0 aliphatic heterocycles. The van der Waals surface area contributed by atoms with Crippen LogP contribution < -0.4 is 11.1 Å². The van der Waals surface area contributed by atoms with Crippen LogP contribution in [0.25, 0.3) is 11.0 Å². The highest BCUT2D eigenvalue weighted by Crippen LogP contribution is 2.27. The molecular weight excluding hydrogens is 252 g/mol. The summed E-state index contributed by atoms with van der Waals surface area (Å²) in [5, 5.41) is 8.41. The molecule has 0 fully saturated rings. The summed E-state index contributed by atoms with van der Waals surface area (Å²) in [7, 11) is 1.86. The fourth-order valence-corrected chi connectivity index (χ4v) is 2.20. The van der Waals surface area contributed by atoms with E-state index in [4.69, 9.17) is 5.73 Å². The topological polar surface area (TPSA) is 81.7 Å². The quantitative estimate of drug-likeness (QED) is 0.760. The van der Waals surface area contributed by atoms with Crippen LogP contribution in [-0.4, -0.2) is 19.7 Å². The summed E-state index contributed by atoms with van der Waals surface area (Å²) in [5.74, 6) is 0.733. The van der Waals surface area contributed by atoms with Crippen molar-refractivity contribution in [1.82, 2.24) is 19.7 Å². The Morgan fingerprint density at radius 2 is 2.05 bits per heavy atom. The van der Waals surface area contributed by atoms with E-state index in [0.29, 0.717) is 0 Å². The van der Waals surface area contributed by atoms with E-state index in [1.165, 1.54) is 6.33 Å². The number of nitrogens with two attached hydrogens (primary N) is 1. The van der Waals surface area contributed by atoms with Gasteiger partial charge < -0.3 is 11.1 Å². The molecule has 1 aromatic carbocycles. The molecule has 0 bridgehead atoms. The van der Waals surface area contributed by atoms with E-state index in [1.807, 2.05) is 38.2 Å². The van der Waals surface area contributed by atoms with Gasteiger partial charge in [0.15, 0.2) is 5.65 Å². The maximum atomic E-state index is 6.00. The molecule has 102 valence electrons. The van der Waals surface area contributed by atoms with Crippen molar-refractivity contribution in [3.8, 4) is 0 Å². The molecule has 0 aliphatic carbocycles. The predicted octanol–water partition coefficient (Wildman–Crippen LogP) is 2.13. The number of hydrogen-bond acceptors (Lipinski definition) is 5. The summed E-state index contributed by atoms with van der Waals surface area (Å²) in [6, 6.07) is 7.89. The minimum Gasteiger partial charge on any atom is -0.339 e. The smallest absolute Gasteiger partial charge is 0.163 e. The fourth-order valence-electron chi connectivity index (χ4n) is 2.20. The van der Waals surface area contributed by atoms with Crippen LogP contribution in [0.1, 0.15) is 18.5 Å². The van der Waals surface area contributed by atoms with Crippen LogP contribution in [0.3, 0.4) is 0 Å². The molecule has 0 radical (unpaired) electrons. The first-order valence-electron chi connectivity index (χ1n) is 6.41. The van der Waals surface area contributed by atoms with Crippen molar-refractivity contribution in [1.29, 1.82) is 0 Å². The number of aryl methyl sites for hydroxylation is 1. The van der Waals surface area contributed by atoms with Gasteiger partial charge in [0, 0.05) is 18.8 Å². The van der Waals surface area contributed by atoms with Crippen LogP contribution in [0.4, 0.5) is 11.5 Å². The average Bonchev–Trinajstić information content (AvgIpc) is 2.82. The lowest BCUT2D eigenvalue weighted by Gasteiger charge is -2.14. The molecule has 3 N–H and O–H groups in total. The Kier molecular flexibility index (Phi) is 3.08. The van der Waals surface area contributed by atoms with Crippen molar-refractivity contribution in [3.05, 3.63) is 42.4 Å². The van der Waals surface area contributed by atoms with E-state index < -0.39 is 0 Å². The molecule has 1 unspecified atom stereocenters. The van der Waals surface area contributed by atoms with E-state index >= 15 is 0 Å². The third kappa shape index (κ3) is 2.10. The van der Waals surface area contributed by atoms with Gasteiger partial charge in [0.1, 0.15) is 12.1 Å². The maximum absolute atomic E-state index is 6.00. The molecule has 0 aliphatic rings. The molecule has 3 rings (SSSR count). The number of fused-ring (bicyclic) bond motifs is 1. The first-order valence-corrected chi connectivity index (χ1v) is 6.41. The summed E-state index contributed by atoms with van der Waals surface area (Å²) in [5.41, 5.74) is 8.78. The molecule has 0 saturated carbocycles. The van der Waals surface area contributed by atoms with Gasteiger partial charge in [-0.25, -0.2) is 9.97 Å². The number of nitrogens with zero attached hydrogens (tertiary/aromatic N) is 4. The lowest BCUT2D eigenvalue weighted by atomic mass is 10.1. The van der Waals surface area contributed by atoms with E-state index in [2.05, 4.69) is 20.4 Å². The Hall–Kier alpha value is -2.47. The van der Waals surface area contributed by atoms with Crippen LogP contribution in [-0.2, 0) is 7.05 Å². The Balaban J connectivity index is 2.06. The molecule has 2 heterocycles. The van der Waals surface area contributed by atoms with Crippen LogP contribution in [0.5, 0.6) is 0 Å². The molecule has 1 atom stereocenters. The monoisotopic (exact) mass is 268 g/mol. The lowest BCUT2D eigenvalue weighted by molar-refractivity contribution is 0.785. The molecule has 6 heteroatoms. The van der Waals surface area contributed by atoms with Gasteiger partial charge in [-0.3, -0.25) is 4.68 Å². The van der Waals surface area contributed by atoms with Crippen molar-refractivity contribution in [3.63, 3.8) is 0 Å². The van der Waals surface area contributed by atoms with E-state index in [1.54, 1.807) is 10.9 Å². The number of rotatable bonds is 3. The van der Waals surface area contributed by atoms with Gasteiger partial charge in [0.25, 0.3) is 0 Å². The van der Waals surface area contributed by atoms with Gasteiger partial charge in [-0.2, -0.15) is 5.10 Å². The number of anilines is 2. The van der Waals surface area contributed by atoms with Crippen molar-refractivity contribution in [2.24, 2.45) is 12.8 Å². The molecule has 0 spiro atoms. The molecule has 3 aromatic rings. The maximum Gasteiger partial charge on any atom is 0.163 e. The van der Waals surface area contributed by atoms with Gasteiger partial charge in [-0.1, -0.05) is 18.2 Å². The number of para-hydroxylation sites is 1. The first kappa shape index (κ1) is 12.6. The van der Waals surface area contributed by atoms with Crippen molar-refractivity contribution in [2.45, 2.75) is 13.0 Å². The highest BCUT2D eigenvalue weighted by Gasteiger charge is 2.11. The minimum atomic E-state index is -0.0510. The third-order valence-corrected chi connectivity index (χ3v) is 3.23. The minimum absolute atomic E-state index is 0.0510. The van der Waals surface area contributed by atoms with Crippen molar-refractivity contribution in [2.75, 3.05) is 5.32 Å². The summed E-state index contributed by atoms with van der Waals surface area (Å²) in [4.78, 5) is 8.52. The molecular formula is C14H16N6. The van der Waals surface area contributed by atoms with Crippen molar-refractivity contribution < 1.29 is 0 Å². The van der Waals surface area contributed by atoms with Crippen LogP contribution >= 0.6 is 0 Å². The van der Waals surface area contributed by atoms with E-state index in [-0.39, 0.29) is 6.04 Å². The zero-order valence-corrected chi connectivity index (χ0v) is 11.4. The fraction of sp³-hybridized carbons (Fsp3) is 0.214. The van der Waals surface area contributed by atoms with Crippen molar-refractivity contribution >= 4 is 22.5 Å².